The maximum atomic E-state index is 14.6. The Balaban J connectivity index is 0.000000137. The molecule has 3 N–H and O–H groups in total. The second kappa shape index (κ2) is 30.9. The number of fused-ring (bicyclic) bond motifs is 6. The monoisotopic (exact) mass is 1400 g/mol. The number of hydrogen-bond acceptors (Lipinski definition) is 12. The summed E-state index contributed by atoms with van der Waals surface area (Å²) in [5, 5.41) is 3.19. The zero-order valence-corrected chi connectivity index (χ0v) is 59.2. The molecule has 6 aromatic heterocycles. The van der Waals surface area contributed by atoms with Gasteiger partial charge in [0.05, 0.1) is 80.2 Å². The van der Waals surface area contributed by atoms with Crippen molar-refractivity contribution < 1.29 is 46.2 Å². The summed E-state index contributed by atoms with van der Waals surface area (Å²) in [6, 6.07) is 30.4. The molecule has 0 saturated heterocycles. The van der Waals surface area contributed by atoms with Gasteiger partial charge in [-0.1, -0.05) is 32.4 Å². The molecule has 15 rings (SSSR count). The van der Waals surface area contributed by atoms with E-state index in [0.29, 0.717) is 75.9 Å². The maximum Gasteiger partial charge on any atom is 0.338 e. The number of halogens is 5. The van der Waals surface area contributed by atoms with Gasteiger partial charge in [0, 0.05) is 52.5 Å². The third kappa shape index (κ3) is 15.1. The van der Waals surface area contributed by atoms with Gasteiger partial charge in [0.1, 0.15) is 46.0 Å². The van der Waals surface area contributed by atoms with Gasteiger partial charge in [-0.25, -0.2) is 46.9 Å². The zero-order chi connectivity index (χ0) is 71.5. The number of ether oxygens (including phenoxy) is 3. The summed E-state index contributed by atoms with van der Waals surface area (Å²) in [7, 11) is 0. The second-order valence-electron chi connectivity index (χ2n) is 27.8. The van der Waals surface area contributed by atoms with Gasteiger partial charge in [0.2, 0.25) is 0 Å². The number of H-pyrrole nitrogens is 3. The number of aromatic amines is 3. The first-order chi connectivity index (χ1) is 49.3. The molecule has 3 aliphatic rings. The summed E-state index contributed by atoms with van der Waals surface area (Å²) in [4.78, 5) is 73.8. The van der Waals surface area contributed by atoms with Crippen LogP contribution in [-0.2, 0) is 14.2 Å². The van der Waals surface area contributed by atoms with E-state index in [2.05, 4.69) is 61.7 Å². The van der Waals surface area contributed by atoms with E-state index in [-0.39, 0.29) is 58.9 Å². The maximum absolute atomic E-state index is 14.6. The Morgan fingerprint density at radius 3 is 1.13 bits per heavy atom. The molecule has 0 aliphatic heterocycles. The molecule has 0 amide bonds. The predicted molar refractivity (Wildman–Crippen MR) is 390 cm³/mol. The lowest BCUT2D eigenvalue weighted by molar-refractivity contribution is 0.0516. The Labute approximate surface area is 594 Å². The van der Waals surface area contributed by atoms with Crippen molar-refractivity contribution in [1.29, 1.82) is 0 Å². The molecule has 6 heterocycles. The summed E-state index contributed by atoms with van der Waals surface area (Å²) in [5.74, 6) is 3.32. The number of hydrogen-bond donors (Lipinski definition) is 3. The number of pyridine rings is 3. The fourth-order valence-corrected chi connectivity index (χ4v) is 16.4. The van der Waals surface area contributed by atoms with E-state index in [4.69, 9.17) is 35.8 Å². The third-order valence-corrected chi connectivity index (χ3v) is 22.0. The molecule has 12 aromatic rings. The van der Waals surface area contributed by atoms with Crippen molar-refractivity contribution in [2.75, 3.05) is 19.8 Å². The predicted octanol–water partition coefficient (Wildman–Crippen LogP) is 20.6. The lowest BCUT2D eigenvalue weighted by Crippen LogP contribution is -2.19. The summed E-state index contributed by atoms with van der Waals surface area (Å²) >= 11 is 6.43. The quantitative estimate of drug-likeness (QED) is 0.0498. The highest BCUT2D eigenvalue weighted by Crippen LogP contribution is 2.47. The molecule has 0 radical (unpaired) electrons. The highest BCUT2D eigenvalue weighted by molar-refractivity contribution is 6.35. The van der Waals surface area contributed by atoms with Crippen LogP contribution in [0.15, 0.2) is 128 Å². The Bertz CT molecular complexity index is 4570. The number of nitrogens with one attached hydrogen (secondary N) is 3. The molecule has 15 nitrogen and oxygen atoms in total. The largest absolute Gasteiger partial charge is 0.462 e. The van der Waals surface area contributed by atoms with Gasteiger partial charge in [0.25, 0.3) is 0 Å². The van der Waals surface area contributed by atoms with Crippen LogP contribution >= 0.6 is 11.6 Å². The van der Waals surface area contributed by atoms with Crippen LogP contribution in [0.5, 0.6) is 0 Å². The van der Waals surface area contributed by atoms with E-state index in [1.807, 2.05) is 50.5 Å². The second-order valence-corrected chi connectivity index (χ2v) is 28.2. The number of rotatable bonds is 15. The summed E-state index contributed by atoms with van der Waals surface area (Å²) in [5.41, 5.74) is 12.2. The Kier molecular flexibility index (Phi) is 21.5. The molecular weight excluding hydrogens is 1320 g/mol. The molecule has 3 fully saturated rings. The van der Waals surface area contributed by atoms with Gasteiger partial charge >= 0.3 is 17.9 Å². The first-order valence-electron chi connectivity index (χ1n) is 35.9. The summed E-state index contributed by atoms with van der Waals surface area (Å²) in [6.07, 6.45) is 18.0. The fraction of sp³-hybridized carbons (Fsp3) is 0.378. The highest BCUT2D eigenvalue weighted by Gasteiger charge is 2.34. The zero-order valence-electron chi connectivity index (χ0n) is 58.4. The van der Waals surface area contributed by atoms with Crippen LogP contribution in [0.25, 0.3) is 65.8 Å². The fourth-order valence-electron chi connectivity index (χ4n) is 16.1. The number of esters is 3. The topological polar surface area (TPSA) is 204 Å². The molecule has 0 unspecified atom stereocenters. The van der Waals surface area contributed by atoms with E-state index in [1.165, 1.54) is 35.4 Å². The minimum Gasteiger partial charge on any atom is -0.462 e. The first kappa shape index (κ1) is 70.8. The molecular formula is C82H84ClF4N9O6. The molecule has 102 heavy (non-hydrogen) atoms. The van der Waals surface area contributed by atoms with E-state index >= 15 is 0 Å². The number of imidazole rings is 3. The van der Waals surface area contributed by atoms with E-state index in [0.717, 1.165) is 155 Å². The smallest absolute Gasteiger partial charge is 0.338 e. The number of nitrogens with zero attached hydrogens (tertiary/aromatic N) is 6. The van der Waals surface area contributed by atoms with Crippen molar-refractivity contribution in [3.63, 3.8) is 0 Å². The van der Waals surface area contributed by atoms with Crippen molar-refractivity contribution in [2.24, 2.45) is 17.8 Å². The number of aromatic nitrogens is 9. The molecule has 3 saturated carbocycles. The van der Waals surface area contributed by atoms with E-state index in [1.54, 1.807) is 74.6 Å². The van der Waals surface area contributed by atoms with Crippen LogP contribution in [0.4, 0.5) is 17.6 Å². The van der Waals surface area contributed by atoms with Crippen LogP contribution in [0.2, 0.25) is 5.02 Å². The van der Waals surface area contributed by atoms with Gasteiger partial charge in [-0.2, -0.15) is 0 Å². The lowest BCUT2D eigenvalue weighted by Gasteiger charge is -2.32. The normalized spacial score (nSPS) is 19.4. The van der Waals surface area contributed by atoms with Crippen LogP contribution in [0.1, 0.15) is 225 Å². The van der Waals surface area contributed by atoms with Crippen molar-refractivity contribution >= 4 is 95.3 Å². The van der Waals surface area contributed by atoms with Crippen molar-refractivity contribution in [3.8, 4) is 0 Å². The Morgan fingerprint density at radius 2 is 0.755 bits per heavy atom. The van der Waals surface area contributed by atoms with E-state index in [9.17, 15) is 31.9 Å². The van der Waals surface area contributed by atoms with Crippen molar-refractivity contribution in [1.82, 2.24) is 44.9 Å². The highest BCUT2D eigenvalue weighted by atomic mass is 35.5. The average Bonchev–Trinajstić information content (AvgIpc) is 1.63. The number of carbonyl (C=O) groups excluding carboxylic acids is 3. The van der Waals surface area contributed by atoms with Crippen LogP contribution in [0.3, 0.4) is 0 Å². The Hall–Kier alpha value is -9.62. The lowest BCUT2D eigenvalue weighted by atomic mass is 9.73. The molecule has 6 aromatic carbocycles. The molecule has 0 bridgehead atoms. The van der Waals surface area contributed by atoms with Gasteiger partial charge < -0.3 is 29.2 Å². The Morgan fingerprint density at radius 1 is 0.431 bits per heavy atom. The van der Waals surface area contributed by atoms with E-state index < -0.39 is 17.8 Å². The number of benzene rings is 6. The minimum atomic E-state index is -0.547. The SMILES string of the molecule is CCOC(=O)c1cc(C)c2nc([C@H](C)C3CCC(c4ccnc5ccc(F)cc45)CC3)[nH]c2c1.CCOC(=O)c1cc(Cl)c2nc([C@H](C)C3CCC(c4ccnc5ccc(F)cc45)CC3)[nH]c2c1.CCOC(=O)c1cc(F)c2nc([C@H](C)C3CCC(c4ccnc5ccc(F)cc45)CC3)[nH]c2c1. The number of carbonyl (C=O) groups is 3. The summed E-state index contributed by atoms with van der Waals surface area (Å²) < 4.78 is 71.6. The standard InChI is InChI=1S/C28H30FN3O2.C27H27ClFN3O2.C27H27F2N3O2/c1-4-34-28(33)20-13-16(2)26-25(14-20)31-27(32-26)17(3)18-5-7-19(8-6-18)22-11-12-30-24-10-9-21(29)15-23(22)24;1-3-34-27(33)18-12-22(28)25-24(13-18)31-26(32-25)15(2)16-4-6-17(7-5-16)20-10-11-30-23-9-8-19(29)14-21(20)23;1-3-34-27(33)18-12-22(29)25-24(13-18)31-26(32-25)15(2)16-4-6-17(7-5-16)20-10-11-30-23-9-8-19(28)14-21(20)23/h9-15,17-19H,4-8H2,1-3H3,(H,31,32);2*8-17H,3-7H2,1-2H3,(H,31,32)/t17-,18?,19?;2*15-,16?,17?/m111/s1. The van der Waals surface area contributed by atoms with Gasteiger partial charge in [-0.3, -0.25) is 15.0 Å². The van der Waals surface area contributed by atoms with Gasteiger partial charge in [0.15, 0.2) is 5.82 Å². The van der Waals surface area contributed by atoms with Crippen molar-refractivity contribution in [3.05, 3.63) is 212 Å². The molecule has 3 aliphatic carbocycles. The number of aryl methyl sites for hydroxylation is 1. The first-order valence-corrected chi connectivity index (χ1v) is 36.2. The third-order valence-electron chi connectivity index (χ3n) is 21.7. The average molecular weight is 1400 g/mol. The molecule has 20 heteroatoms. The van der Waals surface area contributed by atoms with Crippen LogP contribution in [-0.4, -0.2) is 82.6 Å². The van der Waals surface area contributed by atoms with Gasteiger partial charge in [-0.15, -0.1) is 0 Å². The molecule has 0 spiro atoms. The van der Waals surface area contributed by atoms with Crippen molar-refractivity contribution in [2.45, 2.75) is 161 Å². The molecule has 3 atom stereocenters. The van der Waals surface area contributed by atoms with Crippen LogP contribution in [0, 0.1) is 47.9 Å². The summed E-state index contributed by atoms with van der Waals surface area (Å²) in [6.45, 7) is 14.7. The van der Waals surface area contributed by atoms with Gasteiger partial charge in [-0.05, 0) is 272 Å². The van der Waals surface area contributed by atoms with Crippen LogP contribution < -0.4 is 0 Å². The minimum absolute atomic E-state index is 0.116. The molecule has 528 valence electrons.